The van der Waals surface area contributed by atoms with Gasteiger partial charge in [-0.1, -0.05) is 62.6 Å². The third kappa shape index (κ3) is 16.9. The Bertz CT molecular complexity index is 261. The van der Waals surface area contributed by atoms with Crippen molar-refractivity contribution in [2.24, 2.45) is 0 Å². The summed E-state index contributed by atoms with van der Waals surface area (Å²) in [5.74, 6) is 0. The van der Waals surface area contributed by atoms with Gasteiger partial charge >= 0.3 is 0 Å². The van der Waals surface area contributed by atoms with Crippen molar-refractivity contribution in [2.45, 2.75) is 71.1 Å². The molecule has 0 aromatic rings. The molecule has 0 bridgehead atoms. The maximum atomic E-state index is 10.1. The first kappa shape index (κ1) is 17.9. The molecule has 0 atom stereocenters. The molecule has 19 heavy (non-hydrogen) atoms. The van der Waals surface area contributed by atoms with Crippen molar-refractivity contribution >= 4 is 6.29 Å². The van der Waals surface area contributed by atoms with Gasteiger partial charge in [-0.25, -0.2) is 0 Å². The Hall–Kier alpha value is -1.11. The van der Waals surface area contributed by atoms with Crippen LogP contribution in [-0.4, -0.2) is 6.29 Å². The van der Waals surface area contributed by atoms with Crippen LogP contribution in [0.4, 0.5) is 0 Å². The molecule has 1 nitrogen and oxygen atoms in total. The fourth-order valence-corrected chi connectivity index (χ4v) is 1.85. The summed E-state index contributed by atoms with van der Waals surface area (Å²) in [5.41, 5.74) is 0. The highest BCUT2D eigenvalue weighted by Gasteiger charge is 1.89. The number of hydrogen-bond donors (Lipinski definition) is 0. The molecule has 108 valence electrons. The van der Waals surface area contributed by atoms with E-state index in [1.807, 2.05) is 0 Å². The lowest BCUT2D eigenvalue weighted by Crippen LogP contribution is -1.80. The van der Waals surface area contributed by atoms with Crippen LogP contribution in [0.2, 0.25) is 0 Å². The van der Waals surface area contributed by atoms with Crippen LogP contribution < -0.4 is 0 Å². The first-order valence-corrected chi connectivity index (χ1v) is 7.80. The van der Waals surface area contributed by atoms with Crippen molar-refractivity contribution in [2.75, 3.05) is 0 Å². The van der Waals surface area contributed by atoms with Crippen LogP contribution in [0.15, 0.2) is 36.5 Å². The zero-order chi connectivity index (χ0) is 14.0. The van der Waals surface area contributed by atoms with Gasteiger partial charge in [0.25, 0.3) is 0 Å². The van der Waals surface area contributed by atoms with Crippen molar-refractivity contribution in [1.82, 2.24) is 0 Å². The lowest BCUT2D eigenvalue weighted by Gasteiger charge is -1.97. The van der Waals surface area contributed by atoms with Crippen LogP contribution in [-0.2, 0) is 4.79 Å². The minimum absolute atomic E-state index is 0.736. The molecule has 0 unspecified atom stereocenters. The minimum Gasteiger partial charge on any atom is -0.303 e. The van der Waals surface area contributed by atoms with Crippen LogP contribution >= 0.6 is 0 Å². The molecule has 0 fully saturated rings. The third-order valence-electron chi connectivity index (χ3n) is 2.97. The standard InChI is InChI=1S/C18H30O/c1-2-3-4-5-6-7-8-9-10-11-12-13-14-15-16-17-18-19/h3-4,6-7,9-10,18H,2,5,8,11-17H2,1H3. The minimum atomic E-state index is 0.736. The summed E-state index contributed by atoms with van der Waals surface area (Å²) in [6.45, 7) is 2.16. The van der Waals surface area contributed by atoms with Crippen LogP contribution in [0.1, 0.15) is 71.1 Å². The van der Waals surface area contributed by atoms with E-state index in [0.29, 0.717) is 0 Å². The van der Waals surface area contributed by atoms with Gasteiger partial charge in [-0.3, -0.25) is 0 Å². The predicted molar refractivity (Wildman–Crippen MR) is 85.3 cm³/mol. The molecule has 0 aliphatic rings. The number of rotatable bonds is 13. The van der Waals surface area contributed by atoms with Gasteiger partial charge in [0.1, 0.15) is 6.29 Å². The van der Waals surface area contributed by atoms with Gasteiger partial charge in [0.05, 0.1) is 0 Å². The van der Waals surface area contributed by atoms with E-state index in [-0.39, 0.29) is 0 Å². The molecule has 0 spiro atoms. The van der Waals surface area contributed by atoms with Gasteiger partial charge in [0.2, 0.25) is 0 Å². The number of hydrogen-bond acceptors (Lipinski definition) is 1. The molecule has 0 rings (SSSR count). The van der Waals surface area contributed by atoms with Gasteiger partial charge in [0, 0.05) is 6.42 Å². The monoisotopic (exact) mass is 262 g/mol. The number of carbonyl (C=O) groups is 1. The Morgan fingerprint density at radius 2 is 1.16 bits per heavy atom. The first-order chi connectivity index (χ1) is 9.41. The summed E-state index contributed by atoms with van der Waals surface area (Å²) in [4.78, 5) is 10.1. The van der Waals surface area contributed by atoms with E-state index in [9.17, 15) is 4.79 Å². The van der Waals surface area contributed by atoms with Crippen molar-refractivity contribution in [3.8, 4) is 0 Å². The molecule has 0 amide bonds. The van der Waals surface area contributed by atoms with Crippen LogP contribution in [0, 0.1) is 0 Å². The number of allylic oxidation sites excluding steroid dienone is 6. The SMILES string of the molecule is CCC=CCC=CCC=CCCCCCCCC=O. The Kier molecular flexibility index (Phi) is 15.9. The predicted octanol–water partition coefficient (Wildman–Crippen LogP) is 5.77. The number of carbonyl (C=O) groups excluding carboxylic acids is 1. The molecule has 0 radical (unpaired) electrons. The van der Waals surface area contributed by atoms with E-state index in [2.05, 4.69) is 43.4 Å². The molecule has 0 N–H and O–H groups in total. The Morgan fingerprint density at radius 3 is 1.79 bits per heavy atom. The quantitative estimate of drug-likeness (QED) is 0.234. The average Bonchev–Trinajstić information content (AvgIpc) is 2.43. The van der Waals surface area contributed by atoms with Gasteiger partial charge in [-0.2, -0.15) is 0 Å². The number of aldehydes is 1. The molecule has 0 aliphatic heterocycles. The van der Waals surface area contributed by atoms with Crippen molar-refractivity contribution < 1.29 is 4.79 Å². The fraction of sp³-hybridized carbons (Fsp3) is 0.611. The molecule has 0 aromatic carbocycles. The summed E-state index contributed by atoms with van der Waals surface area (Å²) in [6.07, 6.45) is 25.7. The molecular formula is C18H30O. The zero-order valence-electron chi connectivity index (χ0n) is 12.5. The van der Waals surface area contributed by atoms with E-state index in [1.165, 1.54) is 32.1 Å². The van der Waals surface area contributed by atoms with E-state index < -0.39 is 0 Å². The summed E-state index contributed by atoms with van der Waals surface area (Å²) < 4.78 is 0. The lowest BCUT2D eigenvalue weighted by atomic mass is 10.1. The van der Waals surface area contributed by atoms with Crippen molar-refractivity contribution in [3.05, 3.63) is 36.5 Å². The Balaban J connectivity index is 3.21. The summed E-state index contributed by atoms with van der Waals surface area (Å²) in [7, 11) is 0. The maximum Gasteiger partial charge on any atom is 0.119 e. The molecule has 0 aliphatic carbocycles. The lowest BCUT2D eigenvalue weighted by molar-refractivity contribution is -0.107. The largest absolute Gasteiger partial charge is 0.303 e. The summed E-state index contributed by atoms with van der Waals surface area (Å²) >= 11 is 0. The van der Waals surface area contributed by atoms with Gasteiger partial charge < -0.3 is 4.79 Å². The van der Waals surface area contributed by atoms with Crippen molar-refractivity contribution in [3.63, 3.8) is 0 Å². The van der Waals surface area contributed by atoms with Gasteiger partial charge in [-0.15, -0.1) is 0 Å². The summed E-state index contributed by atoms with van der Waals surface area (Å²) in [6, 6.07) is 0. The van der Waals surface area contributed by atoms with Crippen LogP contribution in [0.25, 0.3) is 0 Å². The van der Waals surface area contributed by atoms with E-state index >= 15 is 0 Å². The summed E-state index contributed by atoms with van der Waals surface area (Å²) in [5, 5.41) is 0. The second-order valence-corrected chi connectivity index (χ2v) is 4.81. The fourth-order valence-electron chi connectivity index (χ4n) is 1.85. The van der Waals surface area contributed by atoms with Crippen molar-refractivity contribution in [1.29, 1.82) is 0 Å². The smallest absolute Gasteiger partial charge is 0.119 e. The zero-order valence-corrected chi connectivity index (χ0v) is 12.5. The highest BCUT2D eigenvalue weighted by molar-refractivity contribution is 5.48. The molecule has 0 aromatic heterocycles. The first-order valence-electron chi connectivity index (χ1n) is 7.80. The number of unbranched alkanes of at least 4 members (excludes halogenated alkanes) is 6. The van der Waals surface area contributed by atoms with Crippen LogP contribution in [0.5, 0.6) is 0 Å². The molecule has 0 saturated heterocycles. The topological polar surface area (TPSA) is 17.1 Å². The maximum absolute atomic E-state index is 10.1. The molecule has 0 heterocycles. The second-order valence-electron chi connectivity index (χ2n) is 4.81. The molecule has 1 heteroatoms. The normalized spacial score (nSPS) is 12.1. The van der Waals surface area contributed by atoms with Gasteiger partial charge in [0.15, 0.2) is 0 Å². The third-order valence-corrected chi connectivity index (χ3v) is 2.97. The molecular weight excluding hydrogens is 232 g/mol. The highest BCUT2D eigenvalue weighted by Crippen LogP contribution is 2.07. The highest BCUT2D eigenvalue weighted by atomic mass is 16.1. The van der Waals surface area contributed by atoms with E-state index in [4.69, 9.17) is 0 Å². The van der Waals surface area contributed by atoms with E-state index in [1.54, 1.807) is 0 Å². The van der Waals surface area contributed by atoms with E-state index in [0.717, 1.165) is 38.4 Å². The molecule has 0 saturated carbocycles. The Labute approximate surface area is 119 Å². The van der Waals surface area contributed by atoms with Crippen LogP contribution in [0.3, 0.4) is 0 Å². The van der Waals surface area contributed by atoms with Gasteiger partial charge in [-0.05, 0) is 38.5 Å². The Morgan fingerprint density at radius 1 is 0.632 bits per heavy atom. The second kappa shape index (κ2) is 16.9. The average molecular weight is 262 g/mol.